The van der Waals surface area contributed by atoms with Gasteiger partial charge < -0.3 is 10.0 Å². The summed E-state index contributed by atoms with van der Waals surface area (Å²) in [6.07, 6.45) is -0.835. The molecule has 1 aliphatic heterocycles. The van der Waals surface area contributed by atoms with Crippen molar-refractivity contribution in [3.05, 3.63) is 0 Å². The fourth-order valence-electron chi connectivity index (χ4n) is 1.38. The van der Waals surface area contributed by atoms with Crippen molar-refractivity contribution in [2.24, 2.45) is 11.8 Å². The molecule has 1 rings (SSSR count). The summed E-state index contributed by atoms with van der Waals surface area (Å²) in [4.78, 5) is 12.9. The summed E-state index contributed by atoms with van der Waals surface area (Å²) < 4.78 is 0. The van der Waals surface area contributed by atoms with Crippen LogP contribution in [-0.4, -0.2) is 35.1 Å². The molecule has 70 valence electrons. The van der Waals surface area contributed by atoms with Gasteiger partial charge in [-0.2, -0.15) is 0 Å². The van der Waals surface area contributed by atoms with E-state index in [1.165, 1.54) is 6.92 Å². The van der Waals surface area contributed by atoms with Crippen LogP contribution in [0.3, 0.4) is 0 Å². The van der Waals surface area contributed by atoms with E-state index in [4.69, 9.17) is 5.11 Å². The number of carbonyl (C=O) groups excluding carboxylic acids is 1. The topological polar surface area (TPSA) is 40.5 Å². The van der Waals surface area contributed by atoms with Crippen molar-refractivity contribution < 1.29 is 9.90 Å². The first kappa shape index (κ1) is 9.52. The van der Waals surface area contributed by atoms with Crippen molar-refractivity contribution >= 4 is 5.91 Å². The molecule has 1 atom stereocenters. The molecule has 3 nitrogen and oxygen atoms in total. The number of nitrogens with zero attached hydrogens (tertiary/aromatic N) is 1. The van der Waals surface area contributed by atoms with Crippen molar-refractivity contribution in [1.29, 1.82) is 0 Å². The maximum absolute atomic E-state index is 11.2. The van der Waals surface area contributed by atoms with Gasteiger partial charge in [-0.3, -0.25) is 4.79 Å². The van der Waals surface area contributed by atoms with E-state index < -0.39 is 6.10 Å². The summed E-state index contributed by atoms with van der Waals surface area (Å²) in [5.41, 5.74) is 0. The summed E-state index contributed by atoms with van der Waals surface area (Å²) in [6, 6.07) is 0. The highest BCUT2D eigenvalue weighted by Gasteiger charge is 2.33. The van der Waals surface area contributed by atoms with Gasteiger partial charge in [0.05, 0.1) is 0 Å². The number of hydrogen-bond acceptors (Lipinski definition) is 2. The standard InChI is InChI=1S/C9H17NO2/c1-6(2)8-4-10(5-8)9(12)7(3)11/h6-8,11H,4-5H2,1-3H3/t7-/m1/s1. The van der Waals surface area contributed by atoms with E-state index in [1.807, 2.05) is 0 Å². The minimum Gasteiger partial charge on any atom is -0.384 e. The fraction of sp³-hybridized carbons (Fsp3) is 0.889. The van der Waals surface area contributed by atoms with Crippen molar-refractivity contribution in [1.82, 2.24) is 4.90 Å². The molecular formula is C9H17NO2. The number of hydrogen-bond donors (Lipinski definition) is 1. The van der Waals surface area contributed by atoms with Crippen LogP contribution in [0.25, 0.3) is 0 Å². The van der Waals surface area contributed by atoms with Crippen LogP contribution in [-0.2, 0) is 4.79 Å². The Morgan fingerprint density at radius 1 is 1.42 bits per heavy atom. The van der Waals surface area contributed by atoms with Crippen LogP contribution in [0.1, 0.15) is 20.8 Å². The van der Waals surface area contributed by atoms with Crippen LogP contribution >= 0.6 is 0 Å². The first-order chi connectivity index (χ1) is 5.52. The van der Waals surface area contributed by atoms with E-state index >= 15 is 0 Å². The second-order valence-electron chi connectivity index (χ2n) is 3.92. The van der Waals surface area contributed by atoms with Crippen LogP contribution in [0, 0.1) is 11.8 Å². The van der Waals surface area contributed by atoms with Crippen LogP contribution in [0.15, 0.2) is 0 Å². The zero-order valence-corrected chi connectivity index (χ0v) is 7.95. The number of rotatable bonds is 2. The van der Waals surface area contributed by atoms with Gasteiger partial charge in [-0.25, -0.2) is 0 Å². The molecule has 0 spiro atoms. The molecule has 1 N–H and O–H groups in total. The third-order valence-corrected chi connectivity index (χ3v) is 2.52. The third kappa shape index (κ3) is 1.78. The van der Waals surface area contributed by atoms with Crippen LogP contribution < -0.4 is 0 Å². The molecule has 1 fully saturated rings. The lowest BCUT2D eigenvalue weighted by molar-refractivity contribution is -0.146. The Hall–Kier alpha value is -0.570. The molecule has 1 aliphatic rings. The minimum atomic E-state index is -0.835. The SMILES string of the molecule is CC(C)C1CN(C(=O)[C@@H](C)O)C1. The van der Waals surface area contributed by atoms with Crippen molar-refractivity contribution in [2.45, 2.75) is 26.9 Å². The predicted molar refractivity (Wildman–Crippen MR) is 46.6 cm³/mol. The summed E-state index contributed by atoms with van der Waals surface area (Å²) in [6.45, 7) is 7.48. The Kier molecular flexibility index (Phi) is 2.73. The van der Waals surface area contributed by atoms with Gasteiger partial charge in [0.2, 0.25) is 0 Å². The normalized spacial score (nSPS) is 20.9. The molecule has 0 bridgehead atoms. The Labute approximate surface area is 73.4 Å². The number of aliphatic hydroxyl groups is 1. The largest absolute Gasteiger partial charge is 0.384 e. The molecule has 1 amide bonds. The second-order valence-corrected chi connectivity index (χ2v) is 3.92. The monoisotopic (exact) mass is 171 g/mol. The number of carbonyl (C=O) groups is 1. The van der Waals surface area contributed by atoms with Gasteiger partial charge >= 0.3 is 0 Å². The average Bonchev–Trinajstić information content (AvgIpc) is 1.82. The Morgan fingerprint density at radius 3 is 2.25 bits per heavy atom. The lowest BCUT2D eigenvalue weighted by Gasteiger charge is -2.42. The highest BCUT2D eigenvalue weighted by molar-refractivity contribution is 5.80. The molecule has 0 aromatic rings. The highest BCUT2D eigenvalue weighted by Crippen LogP contribution is 2.23. The van der Waals surface area contributed by atoms with Gasteiger partial charge in [0.15, 0.2) is 0 Å². The van der Waals surface area contributed by atoms with Gasteiger partial charge in [0.1, 0.15) is 6.10 Å². The van der Waals surface area contributed by atoms with Crippen molar-refractivity contribution in [2.75, 3.05) is 13.1 Å². The molecule has 12 heavy (non-hydrogen) atoms. The first-order valence-corrected chi connectivity index (χ1v) is 4.49. The van der Waals surface area contributed by atoms with E-state index in [0.717, 1.165) is 13.1 Å². The first-order valence-electron chi connectivity index (χ1n) is 4.49. The van der Waals surface area contributed by atoms with E-state index in [9.17, 15) is 4.79 Å². The second kappa shape index (κ2) is 3.44. The van der Waals surface area contributed by atoms with Crippen LogP contribution in [0.2, 0.25) is 0 Å². The van der Waals surface area contributed by atoms with Gasteiger partial charge in [-0.05, 0) is 18.8 Å². The average molecular weight is 171 g/mol. The smallest absolute Gasteiger partial charge is 0.251 e. The van der Waals surface area contributed by atoms with E-state index in [2.05, 4.69) is 13.8 Å². The number of likely N-dealkylation sites (tertiary alicyclic amines) is 1. The molecule has 0 unspecified atom stereocenters. The van der Waals surface area contributed by atoms with Gasteiger partial charge in [0, 0.05) is 13.1 Å². The summed E-state index contributed by atoms with van der Waals surface area (Å²) in [5.74, 6) is 1.14. The third-order valence-electron chi connectivity index (χ3n) is 2.52. The molecule has 0 saturated carbocycles. The molecule has 0 aromatic heterocycles. The van der Waals surface area contributed by atoms with Gasteiger partial charge in [0.25, 0.3) is 5.91 Å². The lowest BCUT2D eigenvalue weighted by Crippen LogP contribution is -2.54. The Bertz CT molecular complexity index is 171. The van der Waals surface area contributed by atoms with Gasteiger partial charge in [-0.15, -0.1) is 0 Å². The maximum Gasteiger partial charge on any atom is 0.251 e. The lowest BCUT2D eigenvalue weighted by atomic mass is 9.88. The van der Waals surface area contributed by atoms with Crippen LogP contribution in [0.4, 0.5) is 0 Å². The molecule has 1 saturated heterocycles. The molecule has 0 radical (unpaired) electrons. The zero-order valence-electron chi connectivity index (χ0n) is 7.95. The summed E-state index contributed by atoms with van der Waals surface area (Å²) in [7, 11) is 0. The maximum atomic E-state index is 11.2. The molecule has 1 heterocycles. The molecule has 0 aliphatic carbocycles. The van der Waals surface area contributed by atoms with E-state index in [-0.39, 0.29) is 5.91 Å². The fourth-order valence-corrected chi connectivity index (χ4v) is 1.38. The highest BCUT2D eigenvalue weighted by atomic mass is 16.3. The summed E-state index contributed by atoms with van der Waals surface area (Å²) >= 11 is 0. The van der Waals surface area contributed by atoms with Crippen molar-refractivity contribution in [3.63, 3.8) is 0 Å². The molecular weight excluding hydrogens is 154 g/mol. The van der Waals surface area contributed by atoms with Crippen LogP contribution in [0.5, 0.6) is 0 Å². The van der Waals surface area contributed by atoms with Gasteiger partial charge in [-0.1, -0.05) is 13.8 Å². The number of aliphatic hydroxyl groups excluding tert-OH is 1. The number of amides is 1. The molecule has 3 heteroatoms. The van der Waals surface area contributed by atoms with E-state index in [0.29, 0.717) is 11.8 Å². The van der Waals surface area contributed by atoms with Crippen molar-refractivity contribution in [3.8, 4) is 0 Å². The predicted octanol–water partition coefficient (Wildman–Crippen LogP) is 0.482. The minimum absolute atomic E-state index is 0.132. The Morgan fingerprint density at radius 2 is 1.92 bits per heavy atom. The quantitative estimate of drug-likeness (QED) is 0.656. The zero-order chi connectivity index (χ0) is 9.30. The Balaban J connectivity index is 2.30. The summed E-state index contributed by atoms with van der Waals surface area (Å²) in [5, 5.41) is 8.99. The van der Waals surface area contributed by atoms with E-state index in [1.54, 1.807) is 4.90 Å². The molecule has 0 aromatic carbocycles.